The fourth-order valence-electron chi connectivity index (χ4n) is 1.74. The molecule has 8 heteroatoms. The Bertz CT molecular complexity index is 630. The monoisotopic (exact) mass is 391 g/mol. The van der Waals surface area contributed by atoms with Gasteiger partial charge in [-0.25, -0.2) is 12.7 Å². The maximum atomic E-state index is 12.2. The molecule has 1 N–H and O–H groups in total. The van der Waals surface area contributed by atoms with E-state index in [2.05, 4.69) is 21.2 Å². The van der Waals surface area contributed by atoms with Crippen LogP contribution in [0.1, 0.15) is 16.8 Å². The van der Waals surface area contributed by atoms with Crippen molar-refractivity contribution >= 4 is 31.9 Å². The number of carbonyl (C=O) groups is 1. The van der Waals surface area contributed by atoms with Crippen LogP contribution in [-0.4, -0.2) is 64.8 Å². The molecule has 0 aromatic heterocycles. The van der Waals surface area contributed by atoms with Crippen molar-refractivity contribution in [3.63, 3.8) is 0 Å². The summed E-state index contributed by atoms with van der Waals surface area (Å²) in [5, 5.41) is 2.79. The van der Waals surface area contributed by atoms with Crippen molar-refractivity contribution in [2.24, 2.45) is 0 Å². The molecule has 1 rings (SSSR count). The number of halogens is 1. The lowest BCUT2D eigenvalue weighted by molar-refractivity contribution is 0.0952. The number of nitrogens with one attached hydrogen (secondary N) is 1. The molecular weight excluding hydrogens is 370 g/mol. The van der Waals surface area contributed by atoms with E-state index in [0.717, 1.165) is 17.3 Å². The molecule has 1 amide bonds. The molecule has 1 aromatic rings. The highest BCUT2D eigenvalue weighted by Gasteiger charge is 2.22. The topological polar surface area (TPSA) is 69.7 Å². The first-order valence-corrected chi connectivity index (χ1v) is 9.04. The molecular formula is C14H22BrN3O3S. The average Bonchev–Trinajstić information content (AvgIpc) is 2.43. The van der Waals surface area contributed by atoms with E-state index in [4.69, 9.17) is 0 Å². The van der Waals surface area contributed by atoms with Gasteiger partial charge in [0, 0.05) is 30.7 Å². The summed E-state index contributed by atoms with van der Waals surface area (Å²) in [5.41, 5.74) is 0.327. The number of hydrogen-bond donors (Lipinski definition) is 1. The summed E-state index contributed by atoms with van der Waals surface area (Å²) in [6, 6.07) is 4.56. The zero-order valence-corrected chi connectivity index (χ0v) is 15.7. The van der Waals surface area contributed by atoms with Gasteiger partial charge in [0.15, 0.2) is 0 Å². The largest absolute Gasteiger partial charge is 0.352 e. The van der Waals surface area contributed by atoms with Crippen molar-refractivity contribution in [3.8, 4) is 0 Å². The van der Waals surface area contributed by atoms with Gasteiger partial charge < -0.3 is 10.2 Å². The molecule has 22 heavy (non-hydrogen) atoms. The lowest BCUT2D eigenvalue weighted by Crippen LogP contribution is -2.28. The van der Waals surface area contributed by atoms with Crippen LogP contribution in [0.4, 0.5) is 0 Å². The molecule has 0 unspecified atom stereocenters. The highest BCUT2D eigenvalue weighted by Crippen LogP contribution is 2.25. The number of amides is 1. The van der Waals surface area contributed by atoms with Crippen LogP contribution in [0.25, 0.3) is 0 Å². The third kappa shape index (κ3) is 5.05. The second kappa shape index (κ2) is 8.05. The lowest BCUT2D eigenvalue weighted by atomic mass is 10.2. The van der Waals surface area contributed by atoms with Gasteiger partial charge in [-0.1, -0.05) is 0 Å². The van der Waals surface area contributed by atoms with Crippen LogP contribution in [0.15, 0.2) is 27.6 Å². The average molecular weight is 392 g/mol. The van der Waals surface area contributed by atoms with E-state index >= 15 is 0 Å². The minimum absolute atomic E-state index is 0.0819. The summed E-state index contributed by atoms with van der Waals surface area (Å²) in [4.78, 5) is 14.2. The predicted octanol–water partition coefficient (Wildman–Crippen LogP) is 1.38. The molecule has 0 saturated heterocycles. The van der Waals surface area contributed by atoms with Crippen LogP contribution >= 0.6 is 15.9 Å². The highest BCUT2D eigenvalue weighted by molar-refractivity contribution is 9.10. The smallest absolute Gasteiger partial charge is 0.251 e. The van der Waals surface area contributed by atoms with Crippen LogP contribution in [-0.2, 0) is 10.0 Å². The molecule has 0 heterocycles. The van der Waals surface area contributed by atoms with Gasteiger partial charge in [-0.05, 0) is 61.2 Å². The SMILES string of the molecule is CN(C)CCCNC(=O)c1ccc(Br)c(S(=O)(=O)N(C)C)c1. The Balaban J connectivity index is 2.87. The van der Waals surface area contributed by atoms with Crippen LogP contribution in [0.2, 0.25) is 0 Å². The molecule has 0 aliphatic rings. The molecule has 124 valence electrons. The van der Waals surface area contributed by atoms with Crippen molar-refractivity contribution in [1.29, 1.82) is 0 Å². The molecule has 0 bridgehead atoms. The molecule has 6 nitrogen and oxygen atoms in total. The van der Waals surface area contributed by atoms with Gasteiger partial charge in [0.05, 0.1) is 4.90 Å². The maximum absolute atomic E-state index is 12.2. The minimum Gasteiger partial charge on any atom is -0.352 e. The molecule has 0 aliphatic heterocycles. The van der Waals surface area contributed by atoms with E-state index in [9.17, 15) is 13.2 Å². The first kappa shape index (κ1) is 19.1. The number of nitrogens with zero attached hydrogens (tertiary/aromatic N) is 2. The van der Waals surface area contributed by atoms with Crippen LogP contribution in [0.3, 0.4) is 0 Å². The fourth-order valence-corrected chi connectivity index (χ4v) is 3.58. The van der Waals surface area contributed by atoms with E-state index < -0.39 is 10.0 Å². The first-order valence-electron chi connectivity index (χ1n) is 6.81. The van der Waals surface area contributed by atoms with Gasteiger partial charge in [0.2, 0.25) is 10.0 Å². The zero-order chi connectivity index (χ0) is 16.9. The van der Waals surface area contributed by atoms with Crippen molar-refractivity contribution < 1.29 is 13.2 Å². The van der Waals surface area contributed by atoms with E-state index in [-0.39, 0.29) is 10.8 Å². The Morgan fingerprint density at radius 3 is 2.41 bits per heavy atom. The van der Waals surface area contributed by atoms with Crippen LogP contribution < -0.4 is 5.32 Å². The summed E-state index contributed by atoms with van der Waals surface area (Å²) in [6.07, 6.45) is 0.831. The Morgan fingerprint density at radius 2 is 1.86 bits per heavy atom. The Kier molecular flexibility index (Phi) is 6.98. The maximum Gasteiger partial charge on any atom is 0.251 e. The van der Waals surface area contributed by atoms with E-state index in [1.54, 1.807) is 12.1 Å². The number of benzene rings is 1. The van der Waals surface area contributed by atoms with Gasteiger partial charge >= 0.3 is 0 Å². The molecule has 0 atom stereocenters. The molecule has 0 saturated carbocycles. The van der Waals surface area contributed by atoms with Gasteiger partial charge in [-0.2, -0.15) is 0 Å². The summed E-state index contributed by atoms with van der Waals surface area (Å²) in [5.74, 6) is -0.276. The Labute approximate surface area is 140 Å². The van der Waals surface area contributed by atoms with E-state index in [0.29, 0.717) is 16.6 Å². The van der Waals surface area contributed by atoms with Crippen molar-refractivity contribution in [3.05, 3.63) is 28.2 Å². The second-order valence-electron chi connectivity index (χ2n) is 5.35. The zero-order valence-electron chi connectivity index (χ0n) is 13.3. The fraction of sp³-hybridized carbons (Fsp3) is 0.500. The predicted molar refractivity (Wildman–Crippen MR) is 90.5 cm³/mol. The van der Waals surface area contributed by atoms with Gasteiger partial charge in [0.25, 0.3) is 5.91 Å². The van der Waals surface area contributed by atoms with Gasteiger partial charge in [0.1, 0.15) is 0 Å². The van der Waals surface area contributed by atoms with Crippen LogP contribution in [0, 0.1) is 0 Å². The molecule has 1 aromatic carbocycles. The summed E-state index contributed by atoms with van der Waals surface area (Å²) >= 11 is 3.22. The lowest BCUT2D eigenvalue weighted by Gasteiger charge is -2.14. The number of hydrogen-bond acceptors (Lipinski definition) is 4. The molecule has 0 aliphatic carbocycles. The van der Waals surface area contributed by atoms with Gasteiger partial charge in [-0.3, -0.25) is 4.79 Å². The van der Waals surface area contributed by atoms with Crippen molar-refractivity contribution in [2.75, 3.05) is 41.3 Å². The summed E-state index contributed by atoms with van der Waals surface area (Å²) in [7, 11) is 3.24. The Hall–Kier alpha value is -0.960. The van der Waals surface area contributed by atoms with Crippen molar-refractivity contribution in [2.45, 2.75) is 11.3 Å². The number of rotatable bonds is 7. The van der Waals surface area contributed by atoms with E-state index in [1.165, 1.54) is 20.2 Å². The number of sulfonamides is 1. The summed E-state index contributed by atoms with van der Waals surface area (Å²) in [6.45, 7) is 1.42. The van der Waals surface area contributed by atoms with Gasteiger partial charge in [-0.15, -0.1) is 0 Å². The molecule has 0 radical (unpaired) electrons. The summed E-state index contributed by atoms with van der Waals surface area (Å²) < 4.78 is 26.0. The first-order chi connectivity index (χ1) is 10.2. The standard InChI is InChI=1S/C14H22BrN3O3S/c1-17(2)9-5-8-16-14(19)11-6-7-12(15)13(10-11)22(20,21)18(3)4/h6-7,10H,5,8-9H2,1-4H3,(H,16,19). The molecule has 0 fully saturated rings. The van der Waals surface area contributed by atoms with E-state index in [1.807, 2.05) is 19.0 Å². The Morgan fingerprint density at radius 1 is 1.23 bits per heavy atom. The second-order valence-corrected chi connectivity index (χ2v) is 8.32. The third-order valence-corrected chi connectivity index (χ3v) is 5.83. The third-order valence-electron chi connectivity index (χ3n) is 3.02. The quantitative estimate of drug-likeness (QED) is 0.712. The molecule has 0 spiro atoms. The number of carbonyl (C=O) groups excluding carboxylic acids is 1. The van der Waals surface area contributed by atoms with Crippen LogP contribution in [0.5, 0.6) is 0 Å². The van der Waals surface area contributed by atoms with Crippen molar-refractivity contribution in [1.82, 2.24) is 14.5 Å². The highest BCUT2D eigenvalue weighted by atomic mass is 79.9. The minimum atomic E-state index is -3.60. The normalized spacial score (nSPS) is 12.0.